The molecule has 2 aliphatic rings. The summed E-state index contributed by atoms with van der Waals surface area (Å²) in [6.07, 6.45) is 4.28. The van der Waals surface area contributed by atoms with Gasteiger partial charge in [-0.1, -0.05) is 18.9 Å². The van der Waals surface area contributed by atoms with Gasteiger partial charge in [0.15, 0.2) is 0 Å². The lowest BCUT2D eigenvalue weighted by atomic mass is 10.0. The van der Waals surface area contributed by atoms with E-state index >= 15 is 0 Å². The molecule has 4 rings (SSSR count). The number of carbonyl (C=O) groups is 2. The molecule has 2 aromatic carbocycles. The molecule has 0 radical (unpaired) electrons. The average Bonchev–Trinajstić information content (AvgIpc) is 3.33. The summed E-state index contributed by atoms with van der Waals surface area (Å²) in [4.78, 5) is 29.8. The third-order valence-electron chi connectivity index (χ3n) is 7.26. The first-order chi connectivity index (χ1) is 16.2. The van der Waals surface area contributed by atoms with E-state index in [1.54, 1.807) is 19.1 Å². The van der Waals surface area contributed by atoms with E-state index in [9.17, 15) is 18.4 Å². The number of anilines is 1. The molecule has 1 heterocycles. The molecule has 0 bridgehead atoms. The highest BCUT2D eigenvalue weighted by Crippen LogP contribution is 2.29. The average molecular weight is 470 g/mol. The van der Waals surface area contributed by atoms with Crippen LogP contribution >= 0.6 is 0 Å². The van der Waals surface area contributed by atoms with Gasteiger partial charge in [0.2, 0.25) is 5.91 Å². The number of benzene rings is 2. The van der Waals surface area contributed by atoms with Crippen LogP contribution in [0.15, 0.2) is 30.3 Å². The van der Waals surface area contributed by atoms with Crippen LogP contribution in [0.2, 0.25) is 0 Å². The molecule has 5 nitrogen and oxygen atoms in total. The van der Waals surface area contributed by atoms with Gasteiger partial charge in [0.05, 0.1) is 0 Å². The number of halogens is 2. The zero-order valence-electron chi connectivity index (χ0n) is 20.2. The van der Waals surface area contributed by atoms with Gasteiger partial charge < -0.3 is 10.2 Å². The van der Waals surface area contributed by atoms with Crippen LogP contribution in [0.4, 0.5) is 14.5 Å². The molecule has 1 N–H and O–H groups in total. The summed E-state index contributed by atoms with van der Waals surface area (Å²) in [6, 6.07) is 7.18. The smallest absolute Gasteiger partial charge is 0.255 e. The molecule has 1 aliphatic heterocycles. The second-order valence-electron chi connectivity index (χ2n) is 9.75. The van der Waals surface area contributed by atoms with Crippen LogP contribution in [0.1, 0.15) is 59.7 Å². The highest BCUT2D eigenvalue weighted by molar-refractivity contribution is 6.04. The van der Waals surface area contributed by atoms with Gasteiger partial charge >= 0.3 is 0 Å². The van der Waals surface area contributed by atoms with Gasteiger partial charge in [-0.05, 0) is 74.6 Å². The van der Waals surface area contributed by atoms with E-state index in [1.165, 1.54) is 18.2 Å². The van der Waals surface area contributed by atoms with Crippen molar-refractivity contribution in [1.82, 2.24) is 9.80 Å². The van der Waals surface area contributed by atoms with Crippen LogP contribution in [-0.2, 0) is 11.3 Å². The van der Waals surface area contributed by atoms with Crippen molar-refractivity contribution < 1.29 is 18.4 Å². The molecule has 2 amide bonds. The molecule has 182 valence electrons. The van der Waals surface area contributed by atoms with Crippen LogP contribution in [-0.4, -0.2) is 47.3 Å². The predicted octanol–water partition coefficient (Wildman–Crippen LogP) is 5.06. The van der Waals surface area contributed by atoms with Crippen molar-refractivity contribution >= 4 is 17.5 Å². The summed E-state index contributed by atoms with van der Waals surface area (Å²) < 4.78 is 28.3. The Balaban J connectivity index is 1.43. The molecular weight excluding hydrogens is 436 g/mol. The van der Waals surface area contributed by atoms with Crippen LogP contribution in [0, 0.1) is 31.4 Å². The first kappa shape index (κ1) is 24.3. The van der Waals surface area contributed by atoms with E-state index in [1.807, 2.05) is 11.8 Å². The van der Waals surface area contributed by atoms with Gasteiger partial charge in [0.25, 0.3) is 5.91 Å². The van der Waals surface area contributed by atoms with Gasteiger partial charge in [-0.3, -0.25) is 14.5 Å². The first-order valence-corrected chi connectivity index (χ1v) is 12.1. The number of hydrogen-bond acceptors (Lipinski definition) is 3. The number of aryl methyl sites for hydroxylation is 1. The fourth-order valence-corrected chi connectivity index (χ4v) is 5.11. The Bertz CT molecular complexity index is 1080. The predicted molar refractivity (Wildman–Crippen MR) is 129 cm³/mol. The quantitative estimate of drug-likeness (QED) is 0.666. The van der Waals surface area contributed by atoms with Crippen LogP contribution in [0.3, 0.4) is 0 Å². The van der Waals surface area contributed by atoms with E-state index in [0.717, 1.165) is 49.9 Å². The number of nitrogens with one attached hydrogen (secondary N) is 1. The van der Waals surface area contributed by atoms with E-state index in [-0.39, 0.29) is 23.4 Å². The van der Waals surface area contributed by atoms with E-state index in [0.29, 0.717) is 24.3 Å². The monoisotopic (exact) mass is 469 g/mol. The Morgan fingerprint density at radius 3 is 2.47 bits per heavy atom. The highest BCUT2D eigenvalue weighted by atomic mass is 19.1. The van der Waals surface area contributed by atoms with Crippen LogP contribution in [0.25, 0.3) is 0 Å². The van der Waals surface area contributed by atoms with Crippen molar-refractivity contribution in [2.75, 3.05) is 25.0 Å². The summed E-state index contributed by atoms with van der Waals surface area (Å²) in [6.45, 7) is 8.20. The minimum atomic E-state index is -0.480. The normalized spacial score (nSPS) is 19.4. The minimum Gasteiger partial charge on any atom is -0.337 e. The summed E-state index contributed by atoms with van der Waals surface area (Å²) >= 11 is 0. The topological polar surface area (TPSA) is 52.7 Å². The Morgan fingerprint density at radius 2 is 1.79 bits per heavy atom. The Kier molecular flexibility index (Phi) is 7.31. The number of rotatable bonds is 5. The molecule has 34 heavy (non-hydrogen) atoms. The molecule has 1 saturated carbocycles. The summed E-state index contributed by atoms with van der Waals surface area (Å²) in [5, 5.41) is 2.74. The Morgan fingerprint density at radius 1 is 1.06 bits per heavy atom. The fraction of sp³-hybridized carbons (Fsp3) is 0.481. The van der Waals surface area contributed by atoms with Gasteiger partial charge in [-0.2, -0.15) is 0 Å². The van der Waals surface area contributed by atoms with Crippen molar-refractivity contribution in [2.45, 2.75) is 59.0 Å². The number of nitrogens with zero attached hydrogens (tertiary/aromatic N) is 2. The maximum absolute atomic E-state index is 14.5. The van der Waals surface area contributed by atoms with Crippen molar-refractivity contribution in [3.8, 4) is 0 Å². The molecule has 2 aromatic rings. The van der Waals surface area contributed by atoms with Gasteiger partial charge in [-0.15, -0.1) is 0 Å². The first-order valence-electron chi connectivity index (χ1n) is 12.1. The molecule has 1 atom stereocenters. The number of amides is 2. The lowest BCUT2D eigenvalue weighted by molar-refractivity contribution is -0.140. The maximum Gasteiger partial charge on any atom is 0.255 e. The Labute approximate surface area is 200 Å². The lowest BCUT2D eigenvalue weighted by Gasteiger charge is -2.41. The van der Waals surface area contributed by atoms with Gasteiger partial charge in [0, 0.05) is 49.4 Å². The van der Waals surface area contributed by atoms with Crippen molar-refractivity contribution in [2.24, 2.45) is 5.92 Å². The second-order valence-corrected chi connectivity index (χ2v) is 9.75. The number of piperazine rings is 1. The summed E-state index contributed by atoms with van der Waals surface area (Å²) in [5.41, 5.74) is 2.59. The summed E-state index contributed by atoms with van der Waals surface area (Å²) in [7, 11) is 0. The van der Waals surface area contributed by atoms with E-state index < -0.39 is 17.5 Å². The zero-order chi connectivity index (χ0) is 24.4. The van der Waals surface area contributed by atoms with Crippen LogP contribution in [0.5, 0.6) is 0 Å². The lowest BCUT2D eigenvalue weighted by Crippen LogP contribution is -2.54. The zero-order valence-corrected chi connectivity index (χ0v) is 20.2. The van der Waals surface area contributed by atoms with E-state index in [4.69, 9.17) is 0 Å². The minimum absolute atomic E-state index is 0.103. The molecule has 0 spiro atoms. The fourth-order valence-electron chi connectivity index (χ4n) is 5.11. The number of hydrogen-bond donors (Lipinski definition) is 1. The third-order valence-corrected chi connectivity index (χ3v) is 7.26. The van der Waals surface area contributed by atoms with Gasteiger partial charge in [0.1, 0.15) is 11.6 Å². The molecule has 1 saturated heterocycles. The van der Waals surface area contributed by atoms with Crippen molar-refractivity contribution in [1.29, 1.82) is 0 Å². The summed E-state index contributed by atoms with van der Waals surface area (Å²) in [5.74, 6) is -0.916. The molecule has 0 unspecified atom stereocenters. The van der Waals surface area contributed by atoms with Crippen molar-refractivity contribution in [3.05, 3.63) is 64.2 Å². The molecule has 7 heteroatoms. The second kappa shape index (κ2) is 10.2. The number of carbonyl (C=O) groups excluding carboxylic acids is 2. The standard InChI is InChI=1S/C27H33F2N3O2/c1-17-8-9-21(13-24(17)29)26(33)30-25-14-23(28)12-22(19(25)3)16-31-10-11-32(18(2)15-31)27(34)20-6-4-5-7-20/h8-9,12-14,18,20H,4-7,10-11,15-16H2,1-3H3,(H,30,33)/t18-/m0/s1. The molecule has 1 aliphatic carbocycles. The highest BCUT2D eigenvalue weighted by Gasteiger charge is 2.33. The van der Waals surface area contributed by atoms with Crippen LogP contribution < -0.4 is 5.32 Å². The third kappa shape index (κ3) is 5.30. The van der Waals surface area contributed by atoms with Gasteiger partial charge in [-0.25, -0.2) is 8.78 Å². The molecule has 0 aromatic heterocycles. The SMILES string of the molecule is Cc1ccc(C(=O)Nc2cc(F)cc(CN3CCN(C(=O)C4CCCC4)[C@@H](C)C3)c2C)cc1F. The van der Waals surface area contributed by atoms with E-state index in [2.05, 4.69) is 17.1 Å². The molecular formula is C27H33F2N3O2. The largest absolute Gasteiger partial charge is 0.337 e. The molecule has 2 fully saturated rings. The van der Waals surface area contributed by atoms with Crippen molar-refractivity contribution in [3.63, 3.8) is 0 Å². The maximum atomic E-state index is 14.5. The Hall–Kier alpha value is -2.80.